The van der Waals surface area contributed by atoms with E-state index in [1.807, 2.05) is 27.1 Å². The van der Waals surface area contributed by atoms with E-state index >= 15 is 0 Å². The number of aliphatic hydroxyl groups is 1. The Bertz CT molecular complexity index is 1160. The monoisotopic (exact) mass is 471 g/mol. The van der Waals surface area contributed by atoms with Crippen molar-refractivity contribution in [3.63, 3.8) is 0 Å². The summed E-state index contributed by atoms with van der Waals surface area (Å²) in [5.74, 6) is 8.20. The second kappa shape index (κ2) is 9.12. The molecule has 0 spiro atoms. The molecule has 4 aliphatic rings. The van der Waals surface area contributed by atoms with E-state index in [2.05, 4.69) is 54.0 Å². The standard InChI is InChI=1S/C31H37NO3/c1-5-15-31(34)16-14-28-26-12-8-22-19-23(33)9-13-25(22)29(26)27(20-30(28,31)2)21-6-10-24(11-7-21)35-18-17-32(3)4/h6-7,9-11,13,19,25-26,28,34H,8,12,14,16-18,20H2,1-4H3/t25?,26?,28?,30?,31-/m0/s1. The van der Waals surface area contributed by atoms with Gasteiger partial charge in [-0.3, -0.25) is 4.79 Å². The van der Waals surface area contributed by atoms with Crippen LogP contribution in [0.4, 0.5) is 0 Å². The minimum Gasteiger partial charge on any atom is -0.492 e. The van der Waals surface area contributed by atoms with Crippen molar-refractivity contribution in [2.24, 2.45) is 23.2 Å². The number of hydrogen-bond acceptors (Lipinski definition) is 4. The molecule has 35 heavy (non-hydrogen) atoms. The molecule has 4 aliphatic carbocycles. The first-order chi connectivity index (χ1) is 16.8. The number of allylic oxidation sites excluding steroid dienone is 6. The van der Waals surface area contributed by atoms with Crippen LogP contribution < -0.4 is 4.74 Å². The SMILES string of the molecule is CC#C[C@]1(O)CCC2C3CCC4=CC(=O)C=CC4C3=C(c3ccc(OCCN(C)C)cc3)CC21C. The Labute approximate surface area is 209 Å². The summed E-state index contributed by atoms with van der Waals surface area (Å²) < 4.78 is 5.94. The van der Waals surface area contributed by atoms with E-state index in [0.717, 1.165) is 44.4 Å². The number of ketones is 1. The van der Waals surface area contributed by atoms with Crippen LogP contribution in [0.15, 0.2) is 53.6 Å². The molecule has 2 saturated carbocycles. The fourth-order valence-electron chi connectivity index (χ4n) is 7.15. The minimum absolute atomic E-state index is 0.102. The van der Waals surface area contributed by atoms with Crippen molar-refractivity contribution in [2.75, 3.05) is 27.2 Å². The van der Waals surface area contributed by atoms with Gasteiger partial charge in [0.15, 0.2) is 5.78 Å². The smallest absolute Gasteiger partial charge is 0.178 e. The normalized spacial score (nSPS) is 33.5. The first-order valence-corrected chi connectivity index (χ1v) is 13.0. The lowest BCUT2D eigenvalue weighted by Gasteiger charge is -2.52. The van der Waals surface area contributed by atoms with Crippen molar-refractivity contribution in [1.29, 1.82) is 0 Å². The molecule has 4 nitrogen and oxygen atoms in total. The Morgan fingerprint density at radius 1 is 1.20 bits per heavy atom. The zero-order chi connectivity index (χ0) is 24.8. The molecule has 5 atom stereocenters. The van der Waals surface area contributed by atoms with Gasteiger partial charge in [-0.2, -0.15) is 0 Å². The fraction of sp³-hybridized carbons (Fsp3) is 0.516. The van der Waals surface area contributed by atoms with Gasteiger partial charge in [0.05, 0.1) is 0 Å². The summed E-state index contributed by atoms with van der Waals surface area (Å²) in [6.45, 7) is 5.61. The number of nitrogens with zero attached hydrogens (tertiary/aromatic N) is 1. The van der Waals surface area contributed by atoms with Crippen LogP contribution in [0, 0.1) is 35.0 Å². The number of benzene rings is 1. The average molecular weight is 472 g/mol. The van der Waals surface area contributed by atoms with E-state index in [0.29, 0.717) is 18.4 Å². The maximum atomic E-state index is 12.1. The van der Waals surface area contributed by atoms with Crippen LogP contribution in [-0.4, -0.2) is 48.6 Å². The largest absolute Gasteiger partial charge is 0.492 e. The maximum Gasteiger partial charge on any atom is 0.178 e. The van der Waals surface area contributed by atoms with E-state index in [-0.39, 0.29) is 17.1 Å². The zero-order valence-electron chi connectivity index (χ0n) is 21.4. The molecule has 1 aromatic carbocycles. The summed E-state index contributed by atoms with van der Waals surface area (Å²) >= 11 is 0. The first-order valence-electron chi connectivity index (χ1n) is 13.0. The third-order valence-corrected chi connectivity index (χ3v) is 8.96. The summed E-state index contributed by atoms with van der Waals surface area (Å²) in [6, 6.07) is 8.47. The van der Waals surface area contributed by atoms with Gasteiger partial charge in [0.2, 0.25) is 0 Å². The lowest BCUT2D eigenvalue weighted by atomic mass is 9.53. The number of ether oxygens (including phenoxy) is 1. The zero-order valence-corrected chi connectivity index (χ0v) is 21.4. The molecular formula is C31H37NO3. The number of carbonyl (C=O) groups is 1. The van der Waals surface area contributed by atoms with E-state index in [4.69, 9.17) is 4.74 Å². The van der Waals surface area contributed by atoms with Gasteiger partial charge in [-0.25, -0.2) is 0 Å². The van der Waals surface area contributed by atoms with Gasteiger partial charge in [-0.1, -0.05) is 42.2 Å². The third kappa shape index (κ3) is 4.09. The highest BCUT2D eigenvalue weighted by molar-refractivity contribution is 6.01. The molecule has 184 valence electrons. The molecule has 4 unspecified atom stereocenters. The Morgan fingerprint density at radius 2 is 1.97 bits per heavy atom. The highest BCUT2D eigenvalue weighted by Gasteiger charge is 2.61. The van der Waals surface area contributed by atoms with E-state index in [9.17, 15) is 9.90 Å². The van der Waals surface area contributed by atoms with Gasteiger partial charge < -0.3 is 14.7 Å². The minimum atomic E-state index is -0.965. The molecule has 0 aliphatic heterocycles. The van der Waals surface area contributed by atoms with Crippen molar-refractivity contribution in [3.05, 3.63) is 59.2 Å². The van der Waals surface area contributed by atoms with Crippen molar-refractivity contribution < 1.29 is 14.6 Å². The van der Waals surface area contributed by atoms with Gasteiger partial charge in [0.1, 0.15) is 18.0 Å². The quantitative estimate of drug-likeness (QED) is 0.611. The van der Waals surface area contributed by atoms with Crippen molar-refractivity contribution in [2.45, 2.75) is 51.6 Å². The van der Waals surface area contributed by atoms with Crippen LogP contribution in [0.1, 0.15) is 51.5 Å². The number of likely N-dealkylation sites (N-methyl/N-ethyl adjacent to an activating group) is 1. The average Bonchev–Trinajstić information content (AvgIpc) is 3.09. The molecule has 5 rings (SSSR count). The lowest BCUT2D eigenvalue weighted by molar-refractivity contribution is -0.110. The molecule has 0 heterocycles. The van der Waals surface area contributed by atoms with Crippen LogP contribution in [-0.2, 0) is 4.79 Å². The molecule has 0 amide bonds. The van der Waals surface area contributed by atoms with E-state index in [1.54, 1.807) is 6.08 Å². The van der Waals surface area contributed by atoms with Crippen molar-refractivity contribution in [1.82, 2.24) is 4.90 Å². The molecule has 4 heteroatoms. The lowest BCUT2D eigenvalue weighted by Crippen LogP contribution is -2.49. The van der Waals surface area contributed by atoms with Gasteiger partial charge >= 0.3 is 0 Å². The molecule has 1 N–H and O–H groups in total. The van der Waals surface area contributed by atoms with Crippen LogP contribution in [0.25, 0.3) is 5.57 Å². The third-order valence-electron chi connectivity index (χ3n) is 8.96. The maximum absolute atomic E-state index is 12.1. The van der Waals surface area contributed by atoms with E-state index in [1.165, 1.54) is 22.3 Å². The summed E-state index contributed by atoms with van der Waals surface area (Å²) in [5.41, 5.74) is 3.96. The Kier molecular flexibility index (Phi) is 6.28. The fourth-order valence-corrected chi connectivity index (χ4v) is 7.15. The number of fused-ring (bicyclic) bond motifs is 5. The summed E-state index contributed by atoms with van der Waals surface area (Å²) in [6.07, 6.45) is 10.2. The van der Waals surface area contributed by atoms with Crippen LogP contribution >= 0.6 is 0 Å². The number of rotatable bonds is 5. The second-order valence-electron chi connectivity index (χ2n) is 11.2. The Hall–Kier alpha value is -2.61. The summed E-state index contributed by atoms with van der Waals surface area (Å²) in [5, 5.41) is 11.8. The van der Waals surface area contributed by atoms with Crippen molar-refractivity contribution in [3.8, 4) is 17.6 Å². The Balaban J connectivity index is 1.57. The Morgan fingerprint density at radius 3 is 2.69 bits per heavy atom. The molecule has 1 aromatic rings. The second-order valence-corrected chi connectivity index (χ2v) is 11.2. The topological polar surface area (TPSA) is 49.8 Å². The van der Waals surface area contributed by atoms with Crippen LogP contribution in [0.5, 0.6) is 5.75 Å². The van der Waals surface area contributed by atoms with Crippen LogP contribution in [0.2, 0.25) is 0 Å². The molecule has 0 saturated heterocycles. The summed E-state index contributed by atoms with van der Waals surface area (Å²) in [7, 11) is 4.09. The predicted molar refractivity (Wildman–Crippen MR) is 140 cm³/mol. The number of carbonyl (C=O) groups excluding carboxylic acids is 1. The molecule has 2 fully saturated rings. The molecule has 0 radical (unpaired) electrons. The van der Waals surface area contributed by atoms with Gasteiger partial charge in [0.25, 0.3) is 0 Å². The molecular weight excluding hydrogens is 434 g/mol. The van der Waals surface area contributed by atoms with E-state index < -0.39 is 5.60 Å². The predicted octanol–water partition coefficient (Wildman–Crippen LogP) is 5.05. The van der Waals surface area contributed by atoms with Gasteiger partial charge in [0, 0.05) is 17.9 Å². The van der Waals surface area contributed by atoms with Gasteiger partial charge in [-0.15, -0.1) is 5.92 Å². The first kappa shape index (κ1) is 24.1. The molecule has 0 aromatic heterocycles. The number of hydrogen-bond donors (Lipinski definition) is 1. The van der Waals surface area contributed by atoms with Crippen LogP contribution in [0.3, 0.4) is 0 Å². The summed E-state index contributed by atoms with van der Waals surface area (Å²) in [4.78, 5) is 14.3. The highest BCUT2D eigenvalue weighted by Crippen LogP contribution is 2.65. The highest BCUT2D eigenvalue weighted by atomic mass is 16.5. The molecule has 0 bridgehead atoms. The van der Waals surface area contributed by atoms with Gasteiger partial charge in [-0.05, 0) is 100 Å². The van der Waals surface area contributed by atoms with Crippen molar-refractivity contribution >= 4 is 11.4 Å².